The van der Waals surface area contributed by atoms with Crippen LogP contribution in [0.5, 0.6) is 0 Å². The third-order valence-electron chi connectivity index (χ3n) is 6.10. The molecule has 0 saturated heterocycles. The van der Waals surface area contributed by atoms with Crippen LogP contribution in [0.4, 0.5) is 5.69 Å². The van der Waals surface area contributed by atoms with Gasteiger partial charge in [-0.3, -0.25) is 15.7 Å². The van der Waals surface area contributed by atoms with E-state index >= 15 is 0 Å². The molecule has 7 heteroatoms. The van der Waals surface area contributed by atoms with Gasteiger partial charge in [-0.15, -0.1) is 0 Å². The Hall–Kier alpha value is -3.55. The van der Waals surface area contributed by atoms with E-state index in [4.69, 9.17) is 5.41 Å². The number of pyridine rings is 1. The van der Waals surface area contributed by atoms with E-state index < -0.39 is 6.23 Å². The number of amidine groups is 1. The third kappa shape index (κ3) is 4.85. The zero-order chi connectivity index (χ0) is 24.4. The number of hydrogen-bond acceptors (Lipinski definition) is 4. The third-order valence-corrected chi connectivity index (χ3v) is 6.10. The van der Waals surface area contributed by atoms with Gasteiger partial charge in [-0.1, -0.05) is 12.1 Å². The molecule has 5 N–H and O–H groups in total. The van der Waals surface area contributed by atoms with Crippen molar-refractivity contribution in [3.63, 3.8) is 0 Å². The SMILES string of the molecule is CCN/C(=N\C(=N)c1cc(C)c(-c2ccc(C)cn2)cc1C)Nc1ccc2c(c1)C(C)NC2O. The van der Waals surface area contributed by atoms with Crippen molar-refractivity contribution in [3.05, 3.63) is 82.0 Å². The Morgan fingerprint density at radius 1 is 1.09 bits per heavy atom. The average molecular weight is 457 g/mol. The first-order valence-corrected chi connectivity index (χ1v) is 11.6. The summed E-state index contributed by atoms with van der Waals surface area (Å²) in [7, 11) is 0. The topological polar surface area (TPSA) is 105 Å². The van der Waals surface area contributed by atoms with Crippen LogP contribution in [-0.2, 0) is 0 Å². The highest BCUT2D eigenvalue weighted by Gasteiger charge is 2.25. The molecule has 7 nitrogen and oxygen atoms in total. The van der Waals surface area contributed by atoms with E-state index in [-0.39, 0.29) is 11.9 Å². The molecule has 0 radical (unpaired) electrons. The molecular weight excluding hydrogens is 424 g/mol. The molecule has 2 aromatic carbocycles. The van der Waals surface area contributed by atoms with E-state index in [9.17, 15) is 5.11 Å². The number of benzene rings is 2. The molecule has 2 unspecified atom stereocenters. The van der Waals surface area contributed by atoms with Crippen LogP contribution in [0.15, 0.2) is 53.7 Å². The smallest absolute Gasteiger partial charge is 0.202 e. The Kier molecular flexibility index (Phi) is 6.77. The number of guanidine groups is 1. The first-order chi connectivity index (χ1) is 16.3. The fourth-order valence-electron chi connectivity index (χ4n) is 4.26. The van der Waals surface area contributed by atoms with E-state index in [0.29, 0.717) is 12.5 Å². The van der Waals surface area contributed by atoms with Crippen molar-refractivity contribution in [1.29, 1.82) is 5.41 Å². The van der Waals surface area contributed by atoms with Gasteiger partial charge in [0.25, 0.3) is 0 Å². The summed E-state index contributed by atoms with van der Waals surface area (Å²) < 4.78 is 0. The second-order valence-electron chi connectivity index (χ2n) is 8.80. The highest BCUT2D eigenvalue weighted by molar-refractivity contribution is 6.08. The molecule has 0 aliphatic carbocycles. The normalized spacial score (nSPS) is 17.4. The van der Waals surface area contributed by atoms with Crippen LogP contribution >= 0.6 is 0 Å². The van der Waals surface area contributed by atoms with Crippen LogP contribution in [0.25, 0.3) is 11.3 Å². The van der Waals surface area contributed by atoms with Gasteiger partial charge >= 0.3 is 0 Å². The maximum Gasteiger partial charge on any atom is 0.202 e. The number of aromatic nitrogens is 1. The minimum Gasteiger partial charge on any atom is -0.374 e. The van der Waals surface area contributed by atoms with Crippen molar-refractivity contribution < 1.29 is 5.11 Å². The van der Waals surface area contributed by atoms with Crippen LogP contribution in [0.2, 0.25) is 0 Å². The second-order valence-corrected chi connectivity index (χ2v) is 8.80. The summed E-state index contributed by atoms with van der Waals surface area (Å²) in [6.45, 7) is 10.7. The molecular formula is C27H32N6O. The van der Waals surface area contributed by atoms with E-state index in [1.807, 2.05) is 71.1 Å². The number of aliphatic hydroxyl groups excluding tert-OH is 1. The minimum absolute atomic E-state index is 0.0664. The average Bonchev–Trinajstić information content (AvgIpc) is 3.08. The molecule has 0 fully saturated rings. The number of nitrogens with one attached hydrogen (secondary N) is 4. The minimum atomic E-state index is -0.640. The van der Waals surface area contributed by atoms with Crippen molar-refractivity contribution in [2.45, 2.75) is 46.9 Å². The predicted molar refractivity (Wildman–Crippen MR) is 138 cm³/mol. The fourth-order valence-corrected chi connectivity index (χ4v) is 4.26. The molecule has 0 saturated carbocycles. The van der Waals surface area contributed by atoms with Crippen molar-refractivity contribution in [2.24, 2.45) is 4.99 Å². The first kappa shape index (κ1) is 23.6. The lowest BCUT2D eigenvalue weighted by molar-refractivity contribution is 0.143. The number of fused-ring (bicyclic) bond motifs is 1. The van der Waals surface area contributed by atoms with Gasteiger partial charge in [0, 0.05) is 41.2 Å². The summed E-state index contributed by atoms with van der Waals surface area (Å²) in [6.07, 6.45) is 1.23. The number of aliphatic imine (C=N–C) groups is 1. The Balaban J connectivity index is 1.60. The van der Waals surface area contributed by atoms with Crippen LogP contribution in [0.1, 0.15) is 59.5 Å². The first-order valence-electron chi connectivity index (χ1n) is 11.6. The summed E-state index contributed by atoms with van der Waals surface area (Å²) >= 11 is 0. The van der Waals surface area contributed by atoms with Gasteiger partial charge in [0.2, 0.25) is 5.96 Å². The summed E-state index contributed by atoms with van der Waals surface area (Å²) in [4.78, 5) is 9.13. The summed E-state index contributed by atoms with van der Waals surface area (Å²) in [5.74, 6) is 0.687. The van der Waals surface area contributed by atoms with Crippen molar-refractivity contribution in [2.75, 3.05) is 11.9 Å². The quantitative estimate of drug-likeness (QED) is 0.288. The summed E-state index contributed by atoms with van der Waals surface area (Å²) in [5.41, 5.74) is 8.70. The fraction of sp³-hybridized carbons (Fsp3) is 0.296. The molecule has 2 heterocycles. The maximum atomic E-state index is 10.1. The number of nitrogens with zero attached hydrogens (tertiary/aromatic N) is 2. The molecule has 0 spiro atoms. The number of aryl methyl sites for hydroxylation is 3. The molecule has 176 valence electrons. The lowest BCUT2D eigenvalue weighted by Crippen LogP contribution is -2.31. The monoisotopic (exact) mass is 456 g/mol. The van der Waals surface area contributed by atoms with E-state index in [0.717, 1.165) is 50.3 Å². The molecule has 34 heavy (non-hydrogen) atoms. The van der Waals surface area contributed by atoms with Gasteiger partial charge in [0.05, 0.1) is 5.69 Å². The molecule has 0 bridgehead atoms. The van der Waals surface area contributed by atoms with E-state index in [2.05, 4.69) is 38.1 Å². The van der Waals surface area contributed by atoms with Crippen LogP contribution in [0, 0.1) is 26.2 Å². The number of hydrogen-bond donors (Lipinski definition) is 5. The number of aliphatic hydroxyl groups is 1. The highest BCUT2D eigenvalue weighted by atomic mass is 16.3. The van der Waals surface area contributed by atoms with Crippen LogP contribution < -0.4 is 16.0 Å². The van der Waals surface area contributed by atoms with Gasteiger partial charge in [0.1, 0.15) is 6.23 Å². The Morgan fingerprint density at radius 3 is 2.59 bits per heavy atom. The van der Waals surface area contributed by atoms with Crippen molar-refractivity contribution in [1.82, 2.24) is 15.6 Å². The summed E-state index contributed by atoms with van der Waals surface area (Å²) in [6, 6.07) is 14.1. The molecule has 1 aromatic heterocycles. The standard InChI is InChI=1S/C27H32N6O/c1-6-29-27(32-19-8-9-20-23(13-19)18(5)31-26(20)34)33-25(28)22-12-16(3)21(11-17(22)4)24-10-7-15(2)14-30-24/h7-14,18,26,31,34H,6H2,1-5H3,(H3,28,29,32,33). The van der Waals surface area contributed by atoms with Gasteiger partial charge in [-0.05, 0) is 87.2 Å². The van der Waals surface area contributed by atoms with Crippen molar-refractivity contribution >= 4 is 17.5 Å². The second kappa shape index (κ2) is 9.75. The van der Waals surface area contributed by atoms with Crippen LogP contribution in [-0.4, -0.2) is 28.4 Å². The van der Waals surface area contributed by atoms with Gasteiger partial charge in [0.15, 0.2) is 5.84 Å². The molecule has 3 aromatic rings. The zero-order valence-electron chi connectivity index (χ0n) is 20.3. The Bertz CT molecular complexity index is 1250. The zero-order valence-corrected chi connectivity index (χ0v) is 20.3. The van der Waals surface area contributed by atoms with Gasteiger partial charge < -0.3 is 15.7 Å². The largest absolute Gasteiger partial charge is 0.374 e. The van der Waals surface area contributed by atoms with E-state index in [1.165, 1.54) is 0 Å². The predicted octanol–water partition coefficient (Wildman–Crippen LogP) is 4.73. The lowest BCUT2D eigenvalue weighted by atomic mass is 9.97. The molecule has 4 rings (SSSR count). The Morgan fingerprint density at radius 2 is 1.88 bits per heavy atom. The van der Waals surface area contributed by atoms with Gasteiger partial charge in [-0.2, -0.15) is 4.99 Å². The lowest BCUT2D eigenvalue weighted by Gasteiger charge is -2.15. The summed E-state index contributed by atoms with van der Waals surface area (Å²) in [5, 5.41) is 28.4. The highest BCUT2D eigenvalue weighted by Crippen LogP contribution is 2.33. The Labute approximate surface area is 200 Å². The van der Waals surface area contributed by atoms with Gasteiger partial charge in [-0.25, -0.2) is 0 Å². The molecule has 1 aliphatic heterocycles. The molecule has 2 atom stereocenters. The molecule has 0 amide bonds. The number of rotatable bonds is 4. The van der Waals surface area contributed by atoms with Crippen molar-refractivity contribution in [3.8, 4) is 11.3 Å². The van der Waals surface area contributed by atoms with E-state index in [1.54, 1.807) is 0 Å². The maximum absolute atomic E-state index is 10.1. The molecule has 1 aliphatic rings. The number of anilines is 1. The van der Waals surface area contributed by atoms with Crippen LogP contribution in [0.3, 0.4) is 0 Å².